The SMILES string of the molecule is CNC(=O)C(COc1cc(F)c2c(c1)CC(CO[Si](C)(C)C(C)(C)C)C2)NC(=O)O. The summed E-state index contributed by atoms with van der Waals surface area (Å²) in [7, 11) is -0.462. The summed E-state index contributed by atoms with van der Waals surface area (Å²) < 4.78 is 26.5. The van der Waals surface area contributed by atoms with Crippen molar-refractivity contribution in [2.75, 3.05) is 20.3 Å². The normalized spacial score (nSPS) is 17.2. The number of carbonyl (C=O) groups is 2. The molecule has 0 bridgehead atoms. The molecule has 0 saturated carbocycles. The third kappa shape index (κ3) is 5.95. The van der Waals surface area contributed by atoms with Crippen molar-refractivity contribution in [1.29, 1.82) is 0 Å². The molecule has 0 radical (unpaired) electrons. The highest BCUT2D eigenvalue weighted by Gasteiger charge is 2.38. The van der Waals surface area contributed by atoms with E-state index in [0.717, 1.165) is 5.56 Å². The van der Waals surface area contributed by atoms with Crippen LogP contribution in [0.3, 0.4) is 0 Å². The molecule has 1 aromatic carbocycles. The first kappa shape index (κ1) is 24.1. The molecule has 1 aliphatic carbocycles. The van der Waals surface area contributed by atoms with E-state index in [1.165, 1.54) is 13.1 Å². The summed E-state index contributed by atoms with van der Waals surface area (Å²) in [5.74, 6) is -0.383. The summed E-state index contributed by atoms with van der Waals surface area (Å²) in [4.78, 5) is 22.7. The number of nitrogens with one attached hydrogen (secondary N) is 2. The van der Waals surface area contributed by atoms with Crippen molar-refractivity contribution < 1.29 is 28.2 Å². The number of hydrogen-bond acceptors (Lipinski definition) is 4. The quantitative estimate of drug-likeness (QED) is 0.539. The monoisotopic (exact) mass is 440 g/mol. The molecule has 2 amide bonds. The molecule has 2 rings (SSSR count). The average Bonchev–Trinajstić information content (AvgIpc) is 3.05. The van der Waals surface area contributed by atoms with Gasteiger partial charge in [0.2, 0.25) is 5.91 Å². The Bertz CT molecular complexity index is 794. The Kier molecular flexibility index (Phi) is 7.52. The van der Waals surface area contributed by atoms with Gasteiger partial charge in [-0.05, 0) is 54.1 Å². The van der Waals surface area contributed by atoms with Gasteiger partial charge < -0.3 is 24.9 Å². The maximum absolute atomic E-state index is 14.6. The van der Waals surface area contributed by atoms with Crippen LogP contribution in [0.25, 0.3) is 0 Å². The third-order valence-corrected chi connectivity index (χ3v) is 10.5. The molecule has 9 heteroatoms. The van der Waals surface area contributed by atoms with Crippen LogP contribution in [0.4, 0.5) is 9.18 Å². The second-order valence-corrected chi connectivity index (χ2v) is 14.1. The van der Waals surface area contributed by atoms with Crippen molar-refractivity contribution in [3.63, 3.8) is 0 Å². The number of carboxylic acid groups (broad SMARTS) is 1. The minimum atomic E-state index is -1.86. The van der Waals surface area contributed by atoms with E-state index in [2.05, 4.69) is 44.5 Å². The maximum atomic E-state index is 14.6. The minimum Gasteiger partial charge on any atom is -0.491 e. The summed E-state index contributed by atoms with van der Waals surface area (Å²) in [6, 6.07) is 1.97. The van der Waals surface area contributed by atoms with E-state index in [1.54, 1.807) is 6.07 Å². The van der Waals surface area contributed by atoms with Crippen LogP contribution in [0.15, 0.2) is 12.1 Å². The Hall–Kier alpha value is -2.13. The maximum Gasteiger partial charge on any atom is 0.405 e. The first-order chi connectivity index (χ1) is 13.8. The fourth-order valence-corrected chi connectivity index (χ4v) is 4.26. The topological polar surface area (TPSA) is 96.9 Å². The lowest BCUT2D eigenvalue weighted by Crippen LogP contribution is -2.48. The van der Waals surface area contributed by atoms with E-state index in [4.69, 9.17) is 14.3 Å². The highest BCUT2D eigenvalue weighted by Crippen LogP contribution is 2.38. The van der Waals surface area contributed by atoms with Crippen LogP contribution < -0.4 is 15.4 Å². The summed E-state index contributed by atoms with van der Waals surface area (Å²) in [6.07, 6.45) is -0.0149. The average molecular weight is 441 g/mol. The first-order valence-corrected chi connectivity index (χ1v) is 13.0. The van der Waals surface area contributed by atoms with E-state index < -0.39 is 26.4 Å². The van der Waals surface area contributed by atoms with Gasteiger partial charge in [-0.3, -0.25) is 4.79 Å². The molecule has 0 fully saturated rings. The first-order valence-electron chi connectivity index (χ1n) is 10.1. The molecule has 0 saturated heterocycles. The Balaban J connectivity index is 2.02. The van der Waals surface area contributed by atoms with Gasteiger partial charge in [-0.15, -0.1) is 0 Å². The highest BCUT2D eigenvalue weighted by atomic mass is 28.4. The number of halogens is 1. The lowest BCUT2D eigenvalue weighted by atomic mass is 10.1. The lowest BCUT2D eigenvalue weighted by Gasteiger charge is -2.37. The summed E-state index contributed by atoms with van der Waals surface area (Å²) >= 11 is 0. The molecule has 7 nitrogen and oxygen atoms in total. The fraction of sp³-hybridized carbons (Fsp3) is 0.619. The summed E-state index contributed by atoms with van der Waals surface area (Å²) in [5, 5.41) is 13.5. The molecule has 1 aliphatic rings. The van der Waals surface area contributed by atoms with Crippen LogP contribution in [0.2, 0.25) is 18.1 Å². The third-order valence-electron chi connectivity index (χ3n) is 6.03. The van der Waals surface area contributed by atoms with Gasteiger partial charge in [0.1, 0.15) is 24.2 Å². The number of carbonyl (C=O) groups excluding carboxylic acids is 1. The number of amides is 2. The predicted molar refractivity (Wildman–Crippen MR) is 115 cm³/mol. The highest BCUT2D eigenvalue weighted by molar-refractivity contribution is 6.74. The Morgan fingerprint density at radius 3 is 2.53 bits per heavy atom. The molecule has 2 atom stereocenters. The van der Waals surface area contributed by atoms with E-state index in [0.29, 0.717) is 25.0 Å². The second kappa shape index (κ2) is 9.34. The molecule has 0 aromatic heterocycles. The van der Waals surface area contributed by atoms with Gasteiger partial charge >= 0.3 is 6.09 Å². The zero-order chi connectivity index (χ0) is 22.7. The van der Waals surface area contributed by atoms with Crippen molar-refractivity contribution in [1.82, 2.24) is 10.6 Å². The summed E-state index contributed by atoms with van der Waals surface area (Å²) in [6.45, 7) is 11.3. The van der Waals surface area contributed by atoms with Gasteiger partial charge in [-0.2, -0.15) is 0 Å². The molecule has 0 heterocycles. The zero-order valence-corrected chi connectivity index (χ0v) is 19.6. The molecule has 168 valence electrons. The smallest absolute Gasteiger partial charge is 0.405 e. The number of hydrogen-bond donors (Lipinski definition) is 3. The van der Waals surface area contributed by atoms with E-state index in [-0.39, 0.29) is 29.1 Å². The number of ether oxygens (including phenoxy) is 1. The largest absolute Gasteiger partial charge is 0.491 e. The molecule has 3 N–H and O–H groups in total. The minimum absolute atomic E-state index is 0.121. The molecular formula is C21H33FN2O5Si. The van der Waals surface area contributed by atoms with Crippen molar-refractivity contribution in [2.45, 2.75) is 57.8 Å². The van der Waals surface area contributed by atoms with Gasteiger partial charge in [0, 0.05) is 19.7 Å². The number of rotatable bonds is 8. The van der Waals surface area contributed by atoms with Crippen LogP contribution in [-0.2, 0) is 22.1 Å². The molecular weight excluding hydrogens is 407 g/mol. The van der Waals surface area contributed by atoms with E-state index in [1.807, 2.05) is 0 Å². The van der Waals surface area contributed by atoms with Gasteiger partial charge in [-0.1, -0.05) is 20.8 Å². The Morgan fingerprint density at radius 1 is 1.30 bits per heavy atom. The van der Waals surface area contributed by atoms with Crippen LogP contribution in [0.1, 0.15) is 31.9 Å². The molecule has 2 unspecified atom stereocenters. The number of benzene rings is 1. The van der Waals surface area contributed by atoms with Gasteiger partial charge in [0.15, 0.2) is 8.32 Å². The van der Waals surface area contributed by atoms with Crippen LogP contribution in [-0.4, -0.2) is 51.7 Å². The Morgan fingerprint density at radius 2 is 1.97 bits per heavy atom. The van der Waals surface area contributed by atoms with E-state index >= 15 is 0 Å². The summed E-state index contributed by atoms with van der Waals surface area (Å²) in [5.41, 5.74) is 1.55. The van der Waals surface area contributed by atoms with Crippen LogP contribution in [0, 0.1) is 11.7 Å². The standard InChI is InChI=1S/C21H33FN2O5Si/c1-21(2,3)30(5,6)29-11-13-7-14-9-15(10-17(22)16(14)8-13)28-12-18(19(25)23-4)24-20(26)27/h9-10,13,18,24H,7-8,11-12H2,1-6H3,(H,23,25)(H,26,27). The molecule has 0 aliphatic heterocycles. The van der Waals surface area contributed by atoms with Crippen molar-refractivity contribution in [2.24, 2.45) is 5.92 Å². The molecule has 0 spiro atoms. The van der Waals surface area contributed by atoms with Crippen LogP contribution >= 0.6 is 0 Å². The fourth-order valence-electron chi connectivity index (χ4n) is 3.18. The predicted octanol–water partition coefficient (Wildman–Crippen LogP) is 3.32. The van der Waals surface area contributed by atoms with Crippen molar-refractivity contribution in [3.8, 4) is 5.75 Å². The second-order valence-electron chi connectivity index (χ2n) is 9.32. The lowest BCUT2D eigenvalue weighted by molar-refractivity contribution is -0.123. The molecule has 1 aromatic rings. The van der Waals surface area contributed by atoms with Crippen molar-refractivity contribution >= 4 is 20.3 Å². The number of fused-ring (bicyclic) bond motifs is 1. The molecule has 30 heavy (non-hydrogen) atoms. The van der Waals surface area contributed by atoms with Crippen LogP contribution in [0.5, 0.6) is 5.75 Å². The van der Waals surface area contributed by atoms with Gasteiger partial charge in [-0.25, -0.2) is 9.18 Å². The van der Waals surface area contributed by atoms with Gasteiger partial charge in [0.25, 0.3) is 0 Å². The zero-order valence-electron chi connectivity index (χ0n) is 18.6. The van der Waals surface area contributed by atoms with Crippen molar-refractivity contribution in [3.05, 3.63) is 29.1 Å². The van der Waals surface area contributed by atoms with Gasteiger partial charge in [0.05, 0.1) is 0 Å². The number of likely N-dealkylation sites (N-methyl/N-ethyl adjacent to an activating group) is 1. The van der Waals surface area contributed by atoms with E-state index in [9.17, 15) is 14.0 Å². The Labute approximate surface area is 178 Å².